The molecule has 0 aliphatic carbocycles. The van der Waals surface area contributed by atoms with Crippen molar-refractivity contribution in [3.8, 4) is 0 Å². The lowest BCUT2D eigenvalue weighted by molar-refractivity contribution is 0.0745. The lowest BCUT2D eigenvalue weighted by Crippen LogP contribution is -2.32. The minimum Gasteiger partial charge on any atom is -0.333 e. The lowest BCUT2D eigenvalue weighted by atomic mass is 10.1. The molecule has 1 aromatic carbocycles. The summed E-state index contributed by atoms with van der Waals surface area (Å²) >= 11 is 12.1. The molecule has 6 nitrogen and oxygen atoms in total. The molecular weight excluding hydrogens is 409 g/mol. The fourth-order valence-electron chi connectivity index (χ4n) is 3.27. The van der Waals surface area contributed by atoms with E-state index in [1.165, 1.54) is 0 Å². The van der Waals surface area contributed by atoms with E-state index < -0.39 is 0 Å². The van der Waals surface area contributed by atoms with Crippen molar-refractivity contribution in [2.75, 3.05) is 19.6 Å². The number of nitrogens with zero attached hydrogens (tertiary/aromatic N) is 4. The second-order valence-corrected chi connectivity index (χ2v) is 7.33. The number of piperidine rings is 1. The first-order valence-corrected chi connectivity index (χ1v) is 9.62. The monoisotopic (exact) mass is 431 g/mol. The smallest absolute Gasteiger partial charge is 0.276 e. The van der Waals surface area contributed by atoms with Gasteiger partial charge in [-0.05, 0) is 57.5 Å². The molecule has 0 spiro atoms. The van der Waals surface area contributed by atoms with Gasteiger partial charge in [-0.15, -0.1) is 17.5 Å². The molecule has 1 aliphatic heterocycles. The van der Waals surface area contributed by atoms with Gasteiger partial charge in [-0.2, -0.15) is 0 Å². The Hall–Kier alpha value is -1.34. The Labute approximate surface area is 175 Å². The van der Waals surface area contributed by atoms with Crippen LogP contribution in [0.2, 0.25) is 10.0 Å². The van der Waals surface area contributed by atoms with Gasteiger partial charge in [0.25, 0.3) is 5.91 Å². The number of carbonyl (C=O) groups is 1. The van der Waals surface area contributed by atoms with Crippen LogP contribution in [0.3, 0.4) is 0 Å². The summed E-state index contributed by atoms with van der Waals surface area (Å²) in [7, 11) is 0. The van der Waals surface area contributed by atoms with Gasteiger partial charge >= 0.3 is 0 Å². The van der Waals surface area contributed by atoms with Gasteiger partial charge < -0.3 is 10.2 Å². The van der Waals surface area contributed by atoms with Gasteiger partial charge in [0, 0.05) is 13.1 Å². The Bertz CT molecular complexity index is 789. The van der Waals surface area contributed by atoms with Crippen molar-refractivity contribution >= 4 is 41.5 Å². The average Bonchev–Trinajstić information content (AvgIpc) is 3.04. The molecule has 27 heavy (non-hydrogen) atoms. The summed E-state index contributed by atoms with van der Waals surface area (Å²) in [6.07, 6.45) is 2.00. The molecule has 0 atom stereocenters. The highest BCUT2D eigenvalue weighted by atomic mass is 35.5. The summed E-state index contributed by atoms with van der Waals surface area (Å²) < 4.78 is 1.90. The Morgan fingerprint density at radius 3 is 2.63 bits per heavy atom. The maximum Gasteiger partial charge on any atom is 0.276 e. The average molecular weight is 433 g/mol. The maximum atomic E-state index is 13.0. The highest BCUT2D eigenvalue weighted by molar-refractivity contribution is 6.42. The quantitative estimate of drug-likeness (QED) is 0.778. The normalized spacial score (nSPS) is 14.7. The number of halogens is 3. The van der Waals surface area contributed by atoms with Gasteiger partial charge in [0.15, 0.2) is 5.69 Å². The number of hydrogen-bond donors (Lipinski definition) is 1. The minimum absolute atomic E-state index is 0. The van der Waals surface area contributed by atoms with E-state index in [1.54, 1.807) is 17.0 Å². The standard InChI is InChI=1S/C18H23Cl2N5O.ClH/c1-3-24(11-13-4-5-15(19)16(20)10-13)18(26)17-12(2)25(23-22-17)14-6-8-21-9-7-14;/h4-5,10,14,21H,3,6-9,11H2,1-2H3;1H. The summed E-state index contributed by atoms with van der Waals surface area (Å²) in [6.45, 7) is 6.81. The molecule has 1 aliphatic rings. The third-order valence-corrected chi connectivity index (χ3v) is 5.55. The third-order valence-electron chi connectivity index (χ3n) is 4.81. The van der Waals surface area contributed by atoms with E-state index in [0.29, 0.717) is 34.9 Å². The SMILES string of the molecule is CCN(Cc1ccc(Cl)c(Cl)c1)C(=O)c1nnn(C2CCNCC2)c1C.Cl. The topological polar surface area (TPSA) is 63.1 Å². The maximum absolute atomic E-state index is 13.0. The Balaban J connectivity index is 0.00000261. The zero-order valence-electron chi connectivity index (χ0n) is 15.4. The van der Waals surface area contributed by atoms with Gasteiger partial charge in [0.05, 0.1) is 21.8 Å². The van der Waals surface area contributed by atoms with Gasteiger partial charge in [0.2, 0.25) is 0 Å². The van der Waals surface area contributed by atoms with Crippen molar-refractivity contribution in [2.45, 2.75) is 39.3 Å². The summed E-state index contributed by atoms with van der Waals surface area (Å²) in [5, 5.41) is 12.8. The highest BCUT2D eigenvalue weighted by Crippen LogP contribution is 2.24. The molecule has 2 heterocycles. The molecular formula is C18H24Cl3N5O. The molecule has 2 aromatic rings. The molecule has 1 amide bonds. The fraction of sp³-hybridized carbons (Fsp3) is 0.500. The van der Waals surface area contributed by atoms with Gasteiger partial charge in [-0.3, -0.25) is 4.79 Å². The number of benzene rings is 1. The Kier molecular flexibility index (Phi) is 7.91. The van der Waals surface area contributed by atoms with E-state index in [2.05, 4.69) is 15.6 Å². The second kappa shape index (κ2) is 9.73. The van der Waals surface area contributed by atoms with Crippen LogP contribution in [0, 0.1) is 6.92 Å². The van der Waals surface area contributed by atoms with Crippen LogP contribution in [0.4, 0.5) is 0 Å². The van der Waals surface area contributed by atoms with Crippen molar-refractivity contribution in [3.05, 3.63) is 45.2 Å². The van der Waals surface area contributed by atoms with Crippen LogP contribution in [0.5, 0.6) is 0 Å². The number of hydrogen-bond acceptors (Lipinski definition) is 4. The van der Waals surface area contributed by atoms with Crippen LogP contribution in [-0.2, 0) is 6.54 Å². The predicted molar refractivity (Wildman–Crippen MR) is 110 cm³/mol. The largest absolute Gasteiger partial charge is 0.333 e. The van der Waals surface area contributed by atoms with E-state index in [4.69, 9.17) is 23.2 Å². The third kappa shape index (κ3) is 4.93. The number of aromatic nitrogens is 3. The number of nitrogens with one attached hydrogen (secondary N) is 1. The molecule has 3 rings (SSSR count). The lowest BCUT2D eigenvalue weighted by Gasteiger charge is -2.24. The molecule has 1 aromatic heterocycles. The first kappa shape index (κ1) is 22.0. The van der Waals surface area contributed by atoms with Crippen LogP contribution in [-0.4, -0.2) is 45.4 Å². The van der Waals surface area contributed by atoms with Gasteiger partial charge in [-0.25, -0.2) is 4.68 Å². The molecule has 0 bridgehead atoms. The van der Waals surface area contributed by atoms with Crippen LogP contribution in [0.15, 0.2) is 18.2 Å². The number of carbonyl (C=O) groups excluding carboxylic acids is 1. The summed E-state index contributed by atoms with van der Waals surface area (Å²) in [6, 6.07) is 5.72. The molecule has 1 saturated heterocycles. The van der Waals surface area contributed by atoms with Crippen molar-refractivity contribution < 1.29 is 4.79 Å². The van der Waals surface area contributed by atoms with Crippen molar-refractivity contribution in [2.24, 2.45) is 0 Å². The van der Waals surface area contributed by atoms with E-state index in [-0.39, 0.29) is 18.3 Å². The van der Waals surface area contributed by atoms with Gasteiger partial charge in [-0.1, -0.05) is 34.5 Å². The highest BCUT2D eigenvalue weighted by Gasteiger charge is 2.25. The molecule has 0 radical (unpaired) electrons. The summed E-state index contributed by atoms with van der Waals surface area (Å²) in [5.74, 6) is -0.115. The molecule has 1 fully saturated rings. The van der Waals surface area contributed by atoms with Crippen LogP contribution < -0.4 is 5.32 Å². The predicted octanol–water partition coefficient (Wildman–Crippen LogP) is 3.90. The van der Waals surface area contributed by atoms with E-state index in [9.17, 15) is 4.79 Å². The zero-order chi connectivity index (χ0) is 18.7. The van der Waals surface area contributed by atoms with Crippen molar-refractivity contribution in [1.82, 2.24) is 25.2 Å². The van der Waals surface area contributed by atoms with Crippen LogP contribution in [0.1, 0.15) is 47.6 Å². The van der Waals surface area contributed by atoms with Crippen molar-refractivity contribution in [3.63, 3.8) is 0 Å². The van der Waals surface area contributed by atoms with E-state index in [0.717, 1.165) is 37.2 Å². The first-order valence-electron chi connectivity index (χ1n) is 8.87. The first-order chi connectivity index (χ1) is 12.5. The molecule has 9 heteroatoms. The van der Waals surface area contributed by atoms with E-state index >= 15 is 0 Å². The fourth-order valence-corrected chi connectivity index (χ4v) is 3.59. The summed E-state index contributed by atoms with van der Waals surface area (Å²) in [4.78, 5) is 14.7. The Morgan fingerprint density at radius 1 is 1.30 bits per heavy atom. The van der Waals surface area contributed by atoms with Crippen molar-refractivity contribution in [1.29, 1.82) is 0 Å². The van der Waals surface area contributed by atoms with E-state index in [1.807, 2.05) is 24.6 Å². The minimum atomic E-state index is -0.115. The number of amides is 1. The van der Waals surface area contributed by atoms with Crippen LogP contribution in [0.25, 0.3) is 0 Å². The molecule has 0 saturated carbocycles. The zero-order valence-corrected chi connectivity index (χ0v) is 17.7. The summed E-state index contributed by atoms with van der Waals surface area (Å²) in [5.41, 5.74) is 2.18. The molecule has 148 valence electrons. The Morgan fingerprint density at radius 2 is 2.00 bits per heavy atom. The van der Waals surface area contributed by atoms with Gasteiger partial charge in [0.1, 0.15) is 0 Å². The van der Waals surface area contributed by atoms with Crippen LogP contribution >= 0.6 is 35.6 Å². The molecule has 1 N–H and O–H groups in total. The molecule has 0 unspecified atom stereocenters. The second-order valence-electron chi connectivity index (χ2n) is 6.52. The number of rotatable bonds is 5.